The lowest BCUT2D eigenvalue weighted by molar-refractivity contribution is 0.0946. The van der Waals surface area contributed by atoms with Gasteiger partial charge >= 0.3 is 0 Å². The van der Waals surface area contributed by atoms with Crippen LogP contribution in [0.1, 0.15) is 34.5 Å². The molecule has 0 fully saturated rings. The summed E-state index contributed by atoms with van der Waals surface area (Å²) in [4.78, 5) is 22.4. The van der Waals surface area contributed by atoms with E-state index in [2.05, 4.69) is 35.8 Å². The Balaban J connectivity index is 1.58. The van der Waals surface area contributed by atoms with Gasteiger partial charge in [-0.1, -0.05) is 6.07 Å². The number of aromatic nitrogens is 8. The van der Waals surface area contributed by atoms with Crippen LogP contribution >= 0.6 is 0 Å². The zero-order valence-electron chi connectivity index (χ0n) is 17.5. The molecule has 1 amide bonds. The number of hydrogen-bond donors (Lipinski definition) is 1. The molecule has 4 rings (SSSR count). The Hall–Kier alpha value is -4.09. The minimum absolute atomic E-state index is 0.113. The Labute approximate surface area is 181 Å². The van der Waals surface area contributed by atoms with Crippen molar-refractivity contribution in [2.75, 3.05) is 6.54 Å². The van der Waals surface area contributed by atoms with E-state index in [-0.39, 0.29) is 17.9 Å². The third-order valence-electron chi connectivity index (χ3n) is 4.91. The van der Waals surface area contributed by atoms with Gasteiger partial charge in [0.2, 0.25) is 0 Å². The highest BCUT2D eigenvalue weighted by Gasteiger charge is 2.36. The predicted octanol–water partition coefficient (Wildman–Crippen LogP) is 1.51. The maximum Gasteiger partial charge on any atom is 0.254 e. The molecule has 0 saturated carbocycles. The zero-order valence-corrected chi connectivity index (χ0v) is 17.5. The van der Waals surface area contributed by atoms with Crippen molar-refractivity contribution in [2.45, 2.75) is 19.3 Å². The minimum atomic E-state index is -0.896. The number of pyridine rings is 2. The van der Waals surface area contributed by atoms with Gasteiger partial charge < -0.3 is 5.32 Å². The number of rotatable bonds is 6. The molecule has 0 aliphatic rings. The van der Waals surface area contributed by atoms with Crippen molar-refractivity contribution in [2.24, 2.45) is 7.05 Å². The van der Waals surface area contributed by atoms with Gasteiger partial charge in [-0.2, -0.15) is 9.90 Å². The highest BCUT2D eigenvalue weighted by Crippen LogP contribution is 2.27. The summed E-state index contributed by atoms with van der Waals surface area (Å²) in [6.07, 6.45) is 3.44. The van der Waals surface area contributed by atoms with Crippen molar-refractivity contribution < 1.29 is 13.6 Å². The van der Waals surface area contributed by atoms with Crippen molar-refractivity contribution in [1.29, 1.82) is 0 Å². The molecule has 4 aromatic heterocycles. The summed E-state index contributed by atoms with van der Waals surface area (Å²) < 4.78 is 28.1. The first-order valence-electron chi connectivity index (χ1n) is 9.59. The number of halogens is 2. The van der Waals surface area contributed by atoms with Gasteiger partial charge in [0.1, 0.15) is 5.82 Å². The molecule has 1 unspecified atom stereocenters. The molecular formula is C20H19F2N9O. The van der Waals surface area contributed by atoms with Crippen LogP contribution < -0.4 is 5.32 Å². The van der Waals surface area contributed by atoms with E-state index >= 15 is 0 Å². The number of tetrazole rings is 1. The molecule has 10 nitrogen and oxygen atoms in total. The third-order valence-corrected chi connectivity index (χ3v) is 4.91. The van der Waals surface area contributed by atoms with Gasteiger partial charge in [-0.25, -0.2) is 18.4 Å². The van der Waals surface area contributed by atoms with Crippen molar-refractivity contribution >= 4 is 5.91 Å². The van der Waals surface area contributed by atoms with E-state index in [1.165, 1.54) is 17.2 Å². The average molecular weight is 439 g/mol. The number of carbonyl (C=O) groups is 1. The van der Waals surface area contributed by atoms with Gasteiger partial charge in [0, 0.05) is 24.5 Å². The maximum atomic E-state index is 14.0. The molecule has 0 aliphatic carbocycles. The molecule has 12 heteroatoms. The van der Waals surface area contributed by atoms with Gasteiger partial charge in [0.25, 0.3) is 5.91 Å². The van der Waals surface area contributed by atoms with Crippen LogP contribution in [-0.4, -0.2) is 52.4 Å². The van der Waals surface area contributed by atoms with Crippen LogP contribution in [0.4, 0.5) is 8.78 Å². The van der Waals surface area contributed by atoms with E-state index in [1.54, 1.807) is 7.05 Å². The summed E-state index contributed by atoms with van der Waals surface area (Å²) >= 11 is 0. The first kappa shape index (κ1) is 21.2. The maximum absolute atomic E-state index is 14.0. The van der Waals surface area contributed by atoms with Crippen molar-refractivity contribution in [3.05, 3.63) is 77.3 Å². The minimum Gasteiger partial charge on any atom is -0.351 e. The fraction of sp³-hybridized carbons (Fsp3) is 0.250. The summed E-state index contributed by atoms with van der Waals surface area (Å²) in [6.45, 7) is 3.83. The smallest absolute Gasteiger partial charge is 0.254 e. The summed E-state index contributed by atoms with van der Waals surface area (Å²) in [5.74, 6) is -1.99. The topological polar surface area (TPSA) is 116 Å². The van der Waals surface area contributed by atoms with Crippen LogP contribution in [0.25, 0.3) is 5.82 Å². The fourth-order valence-corrected chi connectivity index (χ4v) is 3.13. The Morgan fingerprint density at radius 2 is 2.06 bits per heavy atom. The SMILES string of the molecule is Cc1cccc(C(C)(CNC(=O)c2cnn(-c3ncc(F)cc3F)c2)c2nnn(C)n2)n1. The lowest BCUT2D eigenvalue weighted by atomic mass is 9.85. The molecule has 4 aromatic rings. The van der Waals surface area contributed by atoms with Gasteiger partial charge in [-0.3, -0.25) is 9.78 Å². The average Bonchev–Trinajstić information content (AvgIpc) is 3.41. The Morgan fingerprint density at radius 3 is 2.75 bits per heavy atom. The second-order valence-corrected chi connectivity index (χ2v) is 7.41. The Kier molecular flexibility index (Phi) is 5.43. The quantitative estimate of drug-likeness (QED) is 0.484. The van der Waals surface area contributed by atoms with Crippen LogP contribution in [0.15, 0.2) is 42.9 Å². The van der Waals surface area contributed by atoms with E-state index in [1.807, 2.05) is 32.0 Å². The molecule has 0 aromatic carbocycles. The molecular weight excluding hydrogens is 420 g/mol. The number of carbonyl (C=O) groups excluding carboxylic acids is 1. The van der Waals surface area contributed by atoms with Crippen LogP contribution in [0.3, 0.4) is 0 Å². The molecule has 0 radical (unpaired) electrons. The highest BCUT2D eigenvalue weighted by molar-refractivity contribution is 5.93. The molecule has 0 bridgehead atoms. The highest BCUT2D eigenvalue weighted by atomic mass is 19.1. The normalized spacial score (nSPS) is 13.0. The summed E-state index contributed by atoms with van der Waals surface area (Å²) in [5, 5.41) is 19.1. The summed E-state index contributed by atoms with van der Waals surface area (Å²) in [6, 6.07) is 6.25. The molecule has 1 atom stereocenters. The lowest BCUT2D eigenvalue weighted by Gasteiger charge is -2.26. The Bertz CT molecular complexity index is 1290. The largest absolute Gasteiger partial charge is 0.351 e. The van der Waals surface area contributed by atoms with Crippen molar-refractivity contribution in [3.63, 3.8) is 0 Å². The van der Waals surface area contributed by atoms with E-state index in [0.29, 0.717) is 17.6 Å². The van der Waals surface area contributed by atoms with Crippen LogP contribution in [0.2, 0.25) is 0 Å². The number of amides is 1. The third kappa shape index (κ3) is 4.06. The number of nitrogens with zero attached hydrogens (tertiary/aromatic N) is 8. The van der Waals surface area contributed by atoms with Crippen LogP contribution in [0, 0.1) is 18.6 Å². The van der Waals surface area contributed by atoms with Gasteiger partial charge in [-0.15, -0.1) is 10.2 Å². The molecule has 4 heterocycles. The van der Waals surface area contributed by atoms with E-state index in [9.17, 15) is 13.6 Å². The van der Waals surface area contributed by atoms with Crippen molar-refractivity contribution in [3.8, 4) is 5.82 Å². The summed E-state index contributed by atoms with van der Waals surface area (Å²) in [5.41, 5.74) is 0.775. The second-order valence-electron chi connectivity index (χ2n) is 7.41. The first-order chi connectivity index (χ1) is 15.3. The monoisotopic (exact) mass is 439 g/mol. The molecule has 0 saturated heterocycles. The molecule has 0 aliphatic heterocycles. The molecule has 0 spiro atoms. The standard InChI is InChI=1S/C20H19F2N9O/c1-12-5-4-6-16(26-12)20(2,19-27-29-30(3)28-19)11-24-18(32)13-8-25-31(10-13)17-15(22)7-14(21)9-23-17/h4-10H,11H2,1-3H3,(H,24,32). The van der Waals surface area contributed by atoms with Crippen LogP contribution in [-0.2, 0) is 12.5 Å². The van der Waals surface area contributed by atoms with Gasteiger partial charge in [0.05, 0.1) is 36.1 Å². The number of aryl methyl sites for hydroxylation is 2. The van der Waals surface area contributed by atoms with Crippen molar-refractivity contribution in [1.82, 2.24) is 45.3 Å². The fourth-order valence-electron chi connectivity index (χ4n) is 3.13. The van der Waals surface area contributed by atoms with Crippen LogP contribution in [0.5, 0.6) is 0 Å². The van der Waals surface area contributed by atoms with E-state index in [4.69, 9.17) is 0 Å². The zero-order chi connectivity index (χ0) is 22.9. The second kappa shape index (κ2) is 8.21. The van der Waals surface area contributed by atoms with Gasteiger partial charge in [-0.05, 0) is 31.2 Å². The Morgan fingerprint density at radius 1 is 1.25 bits per heavy atom. The number of nitrogens with one attached hydrogen (secondary N) is 1. The molecule has 164 valence electrons. The van der Waals surface area contributed by atoms with E-state index in [0.717, 1.165) is 16.6 Å². The lowest BCUT2D eigenvalue weighted by Crippen LogP contribution is -2.41. The number of hydrogen-bond acceptors (Lipinski definition) is 7. The van der Waals surface area contributed by atoms with E-state index < -0.39 is 23.0 Å². The summed E-state index contributed by atoms with van der Waals surface area (Å²) in [7, 11) is 1.65. The molecule has 1 N–H and O–H groups in total. The molecule has 32 heavy (non-hydrogen) atoms. The van der Waals surface area contributed by atoms with Gasteiger partial charge in [0.15, 0.2) is 17.5 Å². The predicted molar refractivity (Wildman–Crippen MR) is 108 cm³/mol. The first-order valence-corrected chi connectivity index (χ1v) is 9.59.